The predicted molar refractivity (Wildman–Crippen MR) is 116 cm³/mol. The fourth-order valence-corrected chi connectivity index (χ4v) is 4.00. The summed E-state index contributed by atoms with van der Waals surface area (Å²) in [7, 11) is 1.57. The largest absolute Gasteiger partial charge is 0.497 e. The third-order valence-electron chi connectivity index (χ3n) is 5.77. The first-order chi connectivity index (χ1) is 15.7. The van der Waals surface area contributed by atoms with Gasteiger partial charge in [-0.25, -0.2) is 0 Å². The minimum Gasteiger partial charge on any atom is -0.497 e. The normalized spacial score (nSPS) is 18.1. The molecule has 0 aliphatic carbocycles. The third kappa shape index (κ3) is 5.16. The number of benzene rings is 2. The summed E-state index contributed by atoms with van der Waals surface area (Å²) in [6.07, 6.45) is -3.43. The lowest BCUT2D eigenvalue weighted by Crippen LogP contribution is -2.52. The number of nitrogens with zero attached hydrogens (tertiary/aromatic N) is 2. The zero-order valence-electron chi connectivity index (χ0n) is 17.9. The number of amides is 2. The number of carbonyl (C=O) groups excluding carboxylic acids is 2. The van der Waals surface area contributed by atoms with Crippen LogP contribution in [0.15, 0.2) is 53.5 Å². The van der Waals surface area contributed by atoms with Gasteiger partial charge in [0, 0.05) is 37.2 Å². The number of piperidine rings is 1. The summed E-state index contributed by atoms with van der Waals surface area (Å²) in [5.74, 6) is 0.0447. The minimum atomic E-state index is -4.47. The Balaban J connectivity index is 1.34. The van der Waals surface area contributed by atoms with E-state index in [1.54, 1.807) is 31.4 Å². The van der Waals surface area contributed by atoms with Crippen LogP contribution in [0.2, 0.25) is 0 Å². The fraction of sp³-hybridized carbons (Fsp3) is 0.348. The van der Waals surface area contributed by atoms with Crippen molar-refractivity contribution in [2.75, 3.05) is 32.1 Å². The number of hydrogen-bond donors (Lipinski definition) is 2. The number of ether oxygens (including phenoxy) is 1. The van der Waals surface area contributed by atoms with Crippen molar-refractivity contribution < 1.29 is 27.5 Å². The molecule has 1 spiro atoms. The van der Waals surface area contributed by atoms with Crippen molar-refractivity contribution in [2.24, 2.45) is 4.99 Å². The lowest BCUT2D eigenvalue weighted by Gasteiger charge is -2.36. The molecule has 174 valence electrons. The second-order valence-corrected chi connectivity index (χ2v) is 8.08. The number of rotatable bonds is 5. The van der Waals surface area contributed by atoms with Crippen LogP contribution in [0.4, 0.5) is 18.9 Å². The number of nitrogens with one attached hydrogen (secondary N) is 2. The zero-order chi connectivity index (χ0) is 23.6. The van der Waals surface area contributed by atoms with Crippen molar-refractivity contribution in [3.05, 3.63) is 59.7 Å². The lowest BCUT2D eigenvalue weighted by atomic mass is 9.98. The van der Waals surface area contributed by atoms with E-state index in [0.717, 1.165) is 12.1 Å². The average Bonchev–Trinajstić information content (AvgIpc) is 3.11. The smallest absolute Gasteiger partial charge is 0.416 e. The summed E-state index contributed by atoms with van der Waals surface area (Å²) in [6.45, 7) is 1.06. The van der Waals surface area contributed by atoms with Crippen LogP contribution in [-0.4, -0.2) is 54.8 Å². The van der Waals surface area contributed by atoms with Crippen molar-refractivity contribution >= 4 is 23.2 Å². The first-order valence-electron chi connectivity index (χ1n) is 10.4. The van der Waals surface area contributed by atoms with Crippen LogP contribution < -0.4 is 15.4 Å². The van der Waals surface area contributed by atoms with Crippen molar-refractivity contribution in [3.63, 3.8) is 0 Å². The van der Waals surface area contributed by atoms with E-state index >= 15 is 0 Å². The number of likely N-dealkylation sites (tertiary alicyclic amines) is 1. The number of alkyl halides is 3. The molecule has 7 nitrogen and oxygen atoms in total. The molecule has 0 atom stereocenters. The minimum absolute atomic E-state index is 0.0370. The summed E-state index contributed by atoms with van der Waals surface area (Å²) in [6, 6.07) is 11.6. The topological polar surface area (TPSA) is 83.0 Å². The fourth-order valence-electron chi connectivity index (χ4n) is 4.00. The maximum atomic E-state index is 12.9. The molecule has 1 saturated heterocycles. The van der Waals surface area contributed by atoms with E-state index in [9.17, 15) is 22.8 Å². The standard InChI is InChI=1S/C23H23F3N4O3/c1-33-18-7-5-15(6-8-18)20-21(32)29-22(28-20)9-11-30(12-10-22)14-19(31)27-17-4-2-3-16(13-17)23(24,25)26/h2-8,13H,9-12,14H2,1H3,(H,27,31)(H,29,32). The van der Waals surface area contributed by atoms with Crippen LogP contribution in [0, 0.1) is 0 Å². The highest BCUT2D eigenvalue weighted by molar-refractivity contribution is 6.46. The number of anilines is 1. The number of aliphatic imine (C=N–C) groups is 1. The predicted octanol–water partition coefficient (Wildman–Crippen LogP) is 3.06. The van der Waals surface area contributed by atoms with Gasteiger partial charge in [0.15, 0.2) is 0 Å². The molecule has 0 radical (unpaired) electrons. The van der Waals surface area contributed by atoms with Gasteiger partial charge >= 0.3 is 6.18 Å². The maximum Gasteiger partial charge on any atom is 0.416 e. The molecule has 0 aromatic heterocycles. The van der Waals surface area contributed by atoms with Gasteiger partial charge < -0.3 is 15.4 Å². The van der Waals surface area contributed by atoms with Crippen LogP contribution in [0.5, 0.6) is 5.75 Å². The maximum absolute atomic E-state index is 12.9. The zero-order valence-corrected chi connectivity index (χ0v) is 17.9. The van der Waals surface area contributed by atoms with Gasteiger partial charge in [0.1, 0.15) is 17.1 Å². The highest BCUT2D eigenvalue weighted by Crippen LogP contribution is 2.31. The Morgan fingerprint density at radius 3 is 2.52 bits per heavy atom. The summed E-state index contributed by atoms with van der Waals surface area (Å²) in [5, 5.41) is 5.49. The van der Waals surface area contributed by atoms with Crippen LogP contribution >= 0.6 is 0 Å². The van der Waals surface area contributed by atoms with Crippen molar-refractivity contribution in [1.82, 2.24) is 10.2 Å². The van der Waals surface area contributed by atoms with Crippen molar-refractivity contribution in [3.8, 4) is 5.75 Å². The van der Waals surface area contributed by atoms with Gasteiger partial charge in [-0.3, -0.25) is 19.5 Å². The van der Waals surface area contributed by atoms with E-state index in [4.69, 9.17) is 4.74 Å². The van der Waals surface area contributed by atoms with E-state index in [0.29, 0.717) is 43.0 Å². The summed E-state index contributed by atoms with van der Waals surface area (Å²) in [5.41, 5.74) is -0.357. The summed E-state index contributed by atoms with van der Waals surface area (Å²) < 4.78 is 43.7. The van der Waals surface area contributed by atoms with E-state index < -0.39 is 23.3 Å². The van der Waals surface area contributed by atoms with E-state index in [1.165, 1.54) is 12.1 Å². The molecule has 2 aliphatic rings. The molecule has 4 rings (SSSR count). The summed E-state index contributed by atoms with van der Waals surface area (Å²) >= 11 is 0. The number of hydrogen-bond acceptors (Lipinski definition) is 5. The van der Waals surface area contributed by atoms with Gasteiger partial charge in [0.2, 0.25) is 5.91 Å². The molecule has 2 amide bonds. The van der Waals surface area contributed by atoms with Crippen LogP contribution in [-0.2, 0) is 15.8 Å². The van der Waals surface area contributed by atoms with Gasteiger partial charge in [-0.05, 0) is 42.5 Å². The van der Waals surface area contributed by atoms with E-state index in [2.05, 4.69) is 15.6 Å². The van der Waals surface area contributed by atoms with Gasteiger partial charge in [-0.15, -0.1) is 0 Å². The first-order valence-corrected chi connectivity index (χ1v) is 10.4. The molecule has 1 fully saturated rings. The quantitative estimate of drug-likeness (QED) is 0.719. The first kappa shape index (κ1) is 22.8. The Morgan fingerprint density at radius 2 is 1.88 bits per heavy atom. The highest BCUT2D eigenvalue weighted by Gasteiger charge is 2.42. The van der Waals surface area contributed by atoms with E-state index in [1.807, 2.05) is 4.90 Å². The monoisotopic (exact) mass is 460 g/mol. The van der Waals surface area contributed by atoms with Crippen molar-refractivity contribution in [2.45, 2.75) is 24.7 Å². The van der Waals surface area contributed by atoms with Crippen LogP contribution in [0.25, 0.3) is 0 Å². The number of carbonyl (C=O) groups is 2. The SMILES string of the molecule is COc1ccc(C2=NC3(CCN(CC(=O)Nc4cccc(C(F)(F)F)c4)CC3)NC2=O)cc1. The Kier molecular flexibility index (Phi) is 6.11. The van der Waals surface area contributed by atoms with Gasteiger partial charge in [-0.1, -0.05) is 6.07 Å². The molecular weight excluding hydrogens is 437 g/mol. The second kappa shape index (κ2) is 8.86. The molecule has 2 aliphatic heterocycles. The molecule has 0 unspecified atom stereocenters. The molecule has 33 heavy (non-hydrogen) atoms. The van der Waals surface area contributed by atoms with Crippen LogP contribution in [0.3, 0.4) is 0 Å². The Hall–Kier alpha value is -3.40. The van der Waals surface area contributed by atoms with Gasteiger partial charge in [0.05, 0.1) is 19.2 Å². The highest BCUT2D eigenvalue weighted by atomic mass is 19.4. The Morgan fingerprint density at radius 1 is 1.18 bits per heavy atom. The van der Waals surface area contributed by atoms with Gasteiger partial charge in [-0.2, -0.15) is 13.2 Å². The van der Waals surface area contributed by atoms with Gasteiger partial charge in [0.25, 0.3) is 5.91 Å². The number of methoxy groups -OCH3 is 1. The molecule has 10 heteroatoms. The average molecular weight is 460 g/mol. The van der Waals surface area contributed by atoms with E-state index in [-0.39, 0.29) is 18.1 Å². The second-order valence-electron chi connectivity index (χ2n) is 8.08. The summed E-state index contributed by atoms with van der Waals surface area (Å²) in [4.78, 5) is 31.5. The molecule has 0 saturated carbocycles. The molecule has 2 heterocycles. The van der Waals surface area contributed by atoms with Crippen LogP contribution in [0.1, 0.15) is 24.0 Å². The molecule has 2 N–H and O–H groups in total. The Bertz CT molecular complexity index is 1080. The Labute approximate surface area is 188 Å². The molecule has 0 bridgehead atoms. The molecule has 2 aromatic rings. The molecule has 2 aromatic carbocycles. The molecular formula is C23H23F3N4O3. The lowest BCUT2D eigenvalue weighted by molar-refractivity contribution is -0.137. The third-order valence-corrected chi connectivity index (χ3v) is 5.77. The van der Waals surface area contributed by atoms with Crippen molar-refractivity contribution in [1.29, 1.82) is 0 Å². The number of halogens is 3.